The third kappa shape index (κ3) is 4.89. The van der Waals surface area contributed by atoms with Crippen LogP contribution in [-0.4, -0.2) is 34.6 Å². The Morgan fingerprint density at radius 1 is 1.35 bits per heavy atom. The van der Waals surface area contributed by atoms with Crippen molar-refractivity contribution in [3.05, 3.63) is 0 Å². The van der Waals surface area contributed by atoms with E-state index >= 15 is 0 Å². The number of nitrogens with two attached hydrogens (primary N) is 1. The highest BCUT2D eigenvalue weighted by Crippen LogP contribution is 2.27. The zero-order chi connectivity index (χ0) is 13.1. The van der Waals surface area contributed by atoms with Crippen LogP contribution in [0.2, 0.25) is 0 Å². The van der Waals surface area contributed by atoms with Crippen molar-refractivity contribution in [2.75, 3.05) is 6.54 Å². The predicted octanol–water partition coefficient (Wildman–Crippen LogP) is 2.00. The number of carbonyl (C=O) groups is 1. The first kappa shape index (κ1) is 14.2. The summed E-state index contributed by atoms with van der Waals surface area (Å²) in [5.41, 5.74) is 5.32. The van der Waals surface area contributed by atoms with Gasteiger partial charge in [0.1, 0.15) is 6.42 Å². The van der Waals surface area contributed by atoms with Crippen molar-refractivity contribution >= 4 is 23.1 Å². The fourth-order valence-electron chi connectivity index (χ4n) is 2.08. The molecule has 1 fully saturated rings. The molecule has 1 rings (SSSR count). The first-order valence-corrected chi connectivity index (χ1v) is 5.85. The van der Waals surface area contributed by atoms with Crippen LogP contribution in [0.4, 0.5) is 13.2 Å². The molecule has 0 heterocycles. The lowest BCUT2D eigenvalue weighted by Gasteiger charge is -2.29. The van der Waals surface area contributed by atoms with Crippen LogP contribution in [0.15, 0.2) is 0 Å². The molecule has 0 radical (unpaired) electrons. The topological polar surface area (TPSA) is 46.3 Å². The number of carbonyl (C=O) groups excluding carboxylic acids is 1. The first-order chi connectivity index (χ1) is 7.79. The molecule has 0 aliphatic heterocycles. The molecular weight excluding hydrogens is 253 g/mol. The van der Waals surface area contributed by atoms with Crippen LogP contribution in [0.1, 0.15) is 32.1 Å². The van der Waals surface area contributed by atoms with Gasteiger partial charge in [-0.05, 0) is 12.8 Å². The highest BCUT2D eigenvalue weighted by atomic mass is 32.1. The summed E-state index contributed by atoms with van der Waals surface area (Å²) < 4.78 is 36.5. The highest BCUT2D eigenvalue weighted by molar-refractivity contribution is 7.80. The molecule has 0 aromatic rings. The maximum atomic E-state index is 12.2. The number of alkyl halides is 3. The van der Waals surface area contributed by atoms with Gasteiger partial charge in [-0.25, -0.2) is 0 Å². The summed E-state index contributed by atoms with van der Waals surface area (Å²) in [5.74, 6) is -0.933. The SMILES string of the molecule is NC(=S)CN(C(=O)CC(F)(F)F)C1CCCC1. The molecule has 0 spiro atoms. The predicted molar refractivity (Wildman–Crippen MR) is 61.4 cm³/mol. The van der Waals surface area contributed by atoms with Gasteiger partial charge in [0, 0.05) is 6.04 Å². The van der Waals surface area contributed by atoms with E-state index in [4.69, 9.17) is 5.73 Å². The van der Waals surface area contributed by atoms with E-state index in [9.17, 15) is 18.0 Å². The van der Waals surface area contributed by atoms with Gasteiger partial charge in [0.05, 0.1) is 11.5 Å². The maximum Gasteiger partial charge on any atom is 0.397 e. The van der Waals surface area contributed by atoms with Gasteiger partial charge in [0.25, 0.3) is 0 Å². The Bertz CT molecular complexity index is 300. The van der Waals surface area contributed by atoms with Crippen LogP contribution in [0.5, 0.6) is 0 Å². The smallest absolute Gasteiger partial charge is 0.392 e. The molecule has 0 bridgehead atoms. The minimum atomic E-state index is -4.48. The number of hydrogen-bond acceptors (Lipinski definition) is 2. The van der Waals surface area contributed by atoms with Crippen LogP contribution < -0.4 is 5.73 Å². The van der Waals surface area contributed by atoms with E-state index in [0.717, 1.165) is 25.7 Å². The summed E-state index contributed by atoms with van der Waals surface area (Å²) in [7, 11) is 0. The van der Waals surface area contributed by atoms with Crippen molar-refractivity contribution in [1.82, 2.24) is 4.90 Å². The van der Waals surface area contributed by atoms with E-state index in [2.05, 4.69) is 12.2 Å². The summed E-state index contributed by atoms with van der Waals surface area (Å²) in [6.45, 7) is -0.0606. The lowest BCUT2D eigenvalue weighted by Crippen LogP contribution is -2.45. The Morgan fingerprint density at radius 3 is 2.29 bits per heavy atom. The second-order valence-corrected chi connectivity index (χ2v) is 4.74. The number of nitrogens with zero attached hydrogens (tertiary/aromatic N) is 1. The van der Waals surface area contributed by atoms with Gasteiger partial charge in [0.2, 0.25) is 5.91 Å². The van der Waals surface area contributed by atoms with Crippen molar-refractivity contribution in [2.45, 2.75) is 44.3 Å². The molecule has 1 amide bonds. The fourth-order valence-corrected chi connectivity index (χ4v) is 2.22. The van der Waals surface area contributed by atoms with E-state index < -0.39 is 18.5 Å². The average Bonchev–Trinajstić information content (AvgIpc) is 2.63. The molecule has 0 saturated heterocycles. The van der Waals surface area contributed by atoms with Gasteiger partial charge in [-0.15, -0.1) is 0 Å². The number of thiocarbonyl (C=S) groups is 1. The minimum Gasteiger partial charge on any atom is -0.392 e. The second-order valence-electron chi connectivity index (χ2n) is 4.22. The van der Waals surface area contributed by atoms with Gasteiger partial charge in [0.15, 0.2) is 0 Å². The van der Waals surface area contributed by atoms with Gasteiger partial charge in [-0.2, -0.15) is 13.2 Å². The third-order valence-corrected chi connectivity index (χ3v) is 2.89. The van der Waals surface area contributed by atoms with Crippen molar-refractivity contribution < 1.29 is 18.0 Å². The third-order valence-electron chi connectivity index (χ3n) is 2.76. The van der Waals surface area contributed by atoms with Crippen molar-refractivity contribution in [3.8, 4) is 0 Å². The Morgan fingerprint density at radius 2 is 1.88 bits per heavy atom. The summed E-state index contributed by atoms with van der Waals surface area (Å²) in [5, 5.41) is 0. The molecule has 3 nitrogen and oxygen atoms in total. The van der Waals surface area contributed by atoms with Crippen LogP contribution in [0, 0.1) is 0 Å². The number of amides is 1. The van der Waals surface area contributed by atoms with E-state index in [0.29, 0.717) is 0 Å². The average molecular weight is 268 g/mol. The lowest BCUT2D eigenvalue weighted by atomic mass is 10.2. The molecule has 0 aromatic heterocycles. The molecular formula is C10H15F3N2OS. The van der Waals surface area contributed by atoms with E-state index in [1.54, 1.807) is 0 Å². The summed E-state index contributed by atoms with van der Waals surface area (Å²) >= 11 is 4.67. The number of rotatable bonds is 4. The standard InChI is InChI=1S/C10H15F3N2OS/c11-10(12,13)5-9(16)15(6-8(14)17)7-3-1-2-4-7/h7H,1-6H2,(H2,14,17). The summed E-state index contributed by atoms with van der Waals surface area (Å²) in [6, 6.07) is -0.147. The van der Waals surface area contributed by atoms with Crippen LogP contribution >= 0.6 is 12.2 Å². The number of halogens is 3. The van der Waals surface area contributed by atoms with Crippen molar-refractivity contribution in [1.29, 1.82) is 0 Å². The van der Waals surface area contributed by atoms with E-state index in [1.807, 2.05) is 0 Å². The lowest BCUT2D eigenvalue weighted by molar-refractivity contribution is -0.162. The van der Waals surface area contributed by atoms with E-state index in [1.165, 1.54) is 4.90 Å². The maximum absolute atomic E-state index is 12.2. The van der Waals surface area contributed by atoms with E-state index in [-0.39, 0.29) is 17.6 Å². The molecule has 2 N–H and O–H groups in total. The Hall–Kier alpha value is -0.850. The fraction of sp³-hybridized carbons (Fsp3) is 0.800. The van der Waals surface area contributed by atoms with Gasteiger partial charge >= 0.3 is 6.18 Å². The molecule has 0 aromatic carbocycles. The molecule has 7 heteroatoms. The van der Waals surface area contributed by atoms with Crippen LogP contribution in [0.3, 0.4) is 0 Å². The molecule has 1 aliphatic carbocycles. The Balaban J connectivity index is 2.67. The molecule has 0 unspecified atom stereocenters. The van der Waals surface area contributed by atoms with Gasteiger partial charge in [-0.3, -0.25) is 4.79 Å². The zero-order valence-corrected chi connectivity index (χ0v) is 10.1. The van der Waals surface area contributed by atoms with Crippen LogP contribution in [0.25, 0.3) is 0 Å². The van der Waals surface area contributed by atoms with Gasteiger partial charge < -0.3 is 10.6 Å². The molecule has 98 valence electrons. The van der Waals surface area contributed by atoms with Crippen molar-refractivity contribution in [3.63, 3.8) is 0 Å². The first-order valence-electron chi connectivity index (χ1n) is 5.44. The monoisotopic (exact) mass is 268 g/mol. The highest BCUT2D eigenvalue weighted by Gasteiger charge is 2.36. The molecule has 0 atom stereocenters. The quantitative estimate of drug-likeness (QED) is 0.793. The Labute approximate surface area is 103 Å². The van der Waals surface area contributed by atoms with Gasteiger partial charge in [-0.1, -0.05) is 25.1 Å². The molecule has 1 saturated carbocycles. The Kier molecular flexibility index (Phi) is 4.73. The minimum absolute atomic E-state index is 0.0485. The summed E-state index contributed by atoms with van der Waals surface area (Å²) in [6.07, 6.45) is -2.61. The van der Waals surface area contributed by atoms with Crippen LogP contribution in [-0.2, 0) is 4.79 Å². The largest absolute Gasteiger partial charge is 0.397 e. The second kappa shape index (κ2) is 5.66. The summed E-state index contributed by atoms with van der Waals surface area (Å²) in [4.78, 5) is 12.8. The number of hydrogen-bond donors (Lipinski definition) is 1. The molecule has 17 heavy (non-hydrogen) atoms. The molecule has 1 aliphatic rings. The normalized spacial score (nSPS) is 17.1. The zero-order valence-electron chi connectivity index (χ0n) is 9.29. The van der Waals surface area contributed by atoms with Crippen molar-refractivity contribution in [2.24, 2.45) is 5.73 Å².